The number of aromatic nitrogens is 1. The van der Waals surface area contributed by atoms with Gasteiger partial charge in [-0.2, -0.15) is 0 Å². The Bertz CT molecular complexity index is 490. The Morgan fingerprint density at radius 1 is 1.50 bits per heavy atom. The normalized spacial score (nSPS) is 10.4. The molecule has 0 fully saturated rings. The third kappa shape index (κ3) is 1.25. The Morgan fingerprint density at radius 2 is 2.29 bits per heavy atom. The third-order valence-corrected chi connectivity index (χ3v) is 2.11. The number of rotatable bonds is 1. The molecule has 0 aliphatic rings. The van der Waals surface area contributed by atoms with Crippen LogP contribution in [0.2, 0.25) is 0 Å². The molecule has 1 aromatic heterocycles. The molecular formula is C10H9FN2O. The van der Waals surface area contributed by atoms with Gasteiger partial charge in [-0.25, -0.2) is 4.39 Å². The maximum absolute atomic E-state index is 13.4. The van der Waals surface area contributed by atoms with Crippen LogP contribution in [-0.2, 0) is 0 Å². The van der Waals surface area contributed by atoms with Crippen molar-refractivity contribution < 1.29 is 9.18 Å². The molecule has 0 aliphatic heterocycles. The van der Waals surface area contributed by atoms with Gasteiger partial charge in [0.15, 0.2) is 0 Å². The van der Waals surface area contributed by atoms with E-state index in [1.165, 1.54) is 13.1 Å². The number of benzene rings is 1. The molecule has 0 saturated heterocycles. The Morgan fingerprint density at radius 3 is 3.00 bits per heavy atom. The van der Waals surface area contributed by atoms with Crippen molar-refractivity contribution in [3.05, 3.63) is 35.8 Å². The van der Waals surface area contributed by atoms with E-state index in [0.717, 1.165) is 0 Å². The minimum Gasteiger partial charge on any atom is -0.361 e. The zero-order valence-electron chi connectivity index (χ0n) is 7.60. The van der Waals surface area contributed by atoms with E-state index in [2.05, 4.69) is 10.3 Å². The van der Waals surface area contributed by atoms with E-state index in [9.17, 15) is 9.18 Å². The lowest BCUT2D eigenvalue weighted by molar-refractivity contribution is 0.0963. The van der Waals surface area contributed by atoms with Gasteiger partial charge in [0.05, 0.1) is 0 Å². The van der Waals surface area contributed by atoms with Gasteiger partial charge in [0, 0.05) is 29.7 Å². The molecule has 3 nitrogen and oxygen atoms in total. The highest BCUT2D eigenvalue weighted by atomic mass is 19.1. The van der Waals surface area contributed by atoms with E-state index < -0.39 is 0 Å². The minimum atomic E-state index is -0.387. The minimum absolute atomic E-state index is 0.291. The van der Waals surface area contributed by atoms with Crippen molar-refractivity contribution in [2.75, 3.05) is 7.05 Å². The van der Waals surface area contributed by atoms with Crippen LogP contribution >= 0.6 is 0 Å². The smallest absolute Gasteiger partial charge is 0.251 e. The quantitative estimate of drug-likeness (QED) is 0.709. The molecule has 1 heterocycles. The van der Waals surface area contributed by atoms with Gasteiger partial charge in [0.2, 0.25) is 0 Å². The first-order valence-electron chi connectivity index (χ1n) is 4.21. The number of carbonyl (C=O) groups excluding carboxylic acids is 1. The second-order valence-corrected chi connectivity index (χ2v) is 2.98. The molecule has 0 radical (unpaired) electrons. The number of fused-ring (bicyclic) bond motifs is 1. The molecule has 0 bridgehead atoms. The standard InChI is InChI=1S/C10H9FN2O/c1-12-10(14)6-4-8(11)7-2-3-13-9(7)5-6/h2-5,13H,1H3,(H,12,14). The number of hydrogen-bond acceptors (Lipinski definition) is 1. The highest BCUT2D eigenvalue weighted by Crippen LogP contribution is 2.18. The van der Waals surface area contributed by atoms with Gasteiger partial charge in [-0.3, -0.25) is 4.79 Å². The molecular weight excluding hydrogens is 183 g/mol. The fourth-order valence-corrected chi connectivity index (χ4v) is 1.40. The predicted octanol–water partition coefficient (Wildman–Crippen LogP) is 1.67. The SMILES string of the molecule is CNC(=O)c1cc(F)c2cc[nH]c2c1. The van der Waals surface area contributed by atoms with Crippen LogP contribution in [0.4, 0.5) is 4.39 Å². The zero-order valence-corrected chi connectivity index (χ0v) is 7.60. The predicted molar refractivity (Wildman–Crippen MR) is 51.6 cm³/mol. The van der Waals surface area contributed by atoms with Crippen LogP contribution in [-0.4, -0.2) is 17.9 Å². The van der Waals surface area contributed by atoms with Crippen LogP contribution in [0.1, 0.15) is 10.4 Å². The van der Waals surface area contributed by atoms with E-state index in [0.29, 0.717) is 16.5 Å². The van der Waals surface area contributed by atoms with E-state index in [1.807, 2.05) is 0 Å². The van der Waals surface area contributed by atoms with Crippen LogP contribution in [0.15, 0.2) is 24.4 Å². The number of hydrogen-bond donors (Lipinski definition) is 2. The first-order chi connectivity index (χ1) is 6.72. The molecule has 0 atom stereocenters. The van der Waals surface area contributed by atoms with E-state index in [1.54, 1.807) is 18.3 Å². The number of halogens is 1. The van der Waals surface area contributed by atoms with Gasteiger partial charge in [0.1, 0.15) is 5.82 Å². The van der Waals surface area contributed by atoms with Crippen molar-refractivity contribution in [2.24, 2.45) is 0 Å². The summed E-state index contributed by atoms with van der Waals surface area (Å²) in [7, 11) is 1.51. The summed E-state index contributed by atoms with van der Waals surface area (Å²) < 4.78 is 13.4. The lowest BCUT2D eigenvalue weighted by Crippen LogP contribution is -2.17. The Kier molecular flexibility index (Phi) is 1.96. The van der Waals surface area contributed by atoms with Crippen LogP contribution < -0.4 is 5.32 Å². The van der Waals surface area contributed by atoms with Gasteiger partial charge in [-0.1, -0.05) is 0 Å². The van der Waals surface area contributed by atoms with Gasteiger partial charge >= 0.3 is 0 Å². The summed E-state index contributed by atoms with van der Waals surface area (Å²) in [5, 5.41) is 2.94. The second kappa shape index (κ2) is 3.14. The molecule has 72 valence electrons. The maximum atomic E-state index is 13.4. The highest BCUT2D eigenvalue weighted by molar-refractivity contribution is 5.97. The van der Waals surface area contributed by atoms with Crippen molar-refractivity contribution in [1.29, 1.82) is 0 Å². The second-order valence-electron chi connectivity index (χ2n) is 2.98. The monoisotopic (exact) mass is 192 g/mol. The first kappa shape index (κ1) is 8.74. The number of H-pyrrole nitrogens is 1. The lowest BCUT2D eigenvalue weighted by Gasteiger charge is -2.00. The van der Waals surface area contributed by atoms with Gasteiger partial charge < -0.3 is 10.3 Å². The number of carbonyl (C=O) groups is 1. The Hall–Kier alpha value is -1.84. The van der Waals surface area contributed by atoms with Crippen molar-refractivity contribution in [2.45, 2.75) is 0 Å². The summed E-state index contributed by atoms with van der Waals surface area (Å²) >= 11 is 0. The average molecular weight is 192 g/mol. The topological polar surface area (TPSA) is 44.9 Å². The summed E-state index contributed by atoms with van der Waals surface area (Å²) in [6.45, 7) is 0. The van der Waals surface area contributed by atoms with Crippen molar-refractivity contribution in [3.8, 4) is 0 Å². The van der Waals surface area contributed by atoms with Crippen LogP contribution in [0.3, 0.4) is 0 Å². The van der Waals surface area contributed by atoms with E-state index in [4.69, 9.17) is 0 Å². The van der Waals surface area contributed by atoms with E-state index in [-0.39, 0.29) is 11.7 Å². The molecule has 1 aromatic carbocycles. The summed E-state index contributed by atoms with van der Waals surface area (Å²) in [5.74, 6) is -0.678. The maximum Gasteiger partial charge on any atom is 0.251 e. The molecule has 4 heteroatoms. The van der Waals surface area contributed by atoms with Crippen molar-refractivity contribution in [1.82, 2.24) is 10.3 Å². The first-order valence-corrected chi connectivity index (χ1v) is 4.21. The largest absolute Gasteiger partial charge is 0.361 e. The Labute approximate surface area is 79.9 Å². The molecule has 0 unspecified atom stereocenters. The van der Waals surface area contributed by atoms with Gasteiger partial charge in [-0.15, -0.1) is 0 Å². The average Bonchev–Trinajstić information content (AvgIpc) is 2.64. The molecule has 14 heavy (non-hydrogen) atoms. The summed E-state index contributed by atoms with van der Waals surface area (Å²) in [5.41, 5.74) is 0.948. The molecule has 0 saturated carbocycles. The van der Waals surface area contributed by atoms with E-state index >= 15 is 0 Å². The summed E-state index contributed by atoms with van der Waals surface area (Å²) in [6, 6.07) is 4.49. The zero-order chi connectivity index (χ0) is 10.1. The van der Waals surface area contributed by atoms with Crippen molar-refractivity contribution in [3.63, 3.8) is 0 Å². The number of aromatic amines is 1. The van der Waals surface area contributed by atoms with Gasteiger partial charge in [-0.05, 0) is 18.2 Å². The number of amides is 1. The van der Waals surface area contributed by atoms with Crippen LogP contribution in [0, 0.1) is 5.82 Å². The highest BCUT2D eigenvalue weighted by Gasteiger charge is 2.08. The van der Waals surface area contributed by atoms with Crippen molar-refractivity contribution >= 4 is 16.8 Å². The molecule has 0 aliphatic carbocycles. The molecule has 2 aromatic rings. The Balaban J connectivity index is 2.64. The molecule has 1 amide bonds. The fourth-order valence-electron chi connectivity index (χ4n) is 1.40. The van der Waals surface area contributed by atoms with Crippen LogP contribution in [0.5, 0.6) is 0 Å². The molecule has 0 spiro atoms. The molecule has 2 rings (SSSR count). The summed E-state index contributed by atoms with van der Waals surface area (Å²) in [4.78, 5) is 14.1. The summed E-state index contributed by atoms with van der Waals surface area (Å²) in [6.07, 6.45) is 1.64. The van der Waals surface area contributed by atoms with Gasteiger partial charge in [0.25, 0.3) is 5.91 Å². The molecule has 2 N–H and O–H groups in total. The third-order valence-electron chi connectivity index (χ3n) is 2.11. The number of nitrogens with one attached hydrogen (secondary N) is 2. The fraction of sp³-hybridized carbons (Fsp3) is 0.100. The lowest BCUT2D eigenvalue weighted by atomic mass is 10.1. The van der Waals surface area contributed by atoms with Crippen LogP contribution in [0.25, 0.3) is 10.9 Å².